The van der Waals surface area contributed by atoms with E-state index < -0.39 is 0 Å². The van der Waals surface area contributed by atoms with Crippen LogP contribution in [0.3, 0.4) is 0 Å². The van der Waals surface area contributed by atoms with E-state index in [1.165, 1.54) is 17.5 Å². The molecule has 1 aromatic carbocycles. The van der Waals surface area contributed by atoms with Crippen LogP contribution in [0, 0.1) is 0 Å². The number of thiol groups is 1. The maximum absolute atomic E-state index is 6.55. The van der Waals surface area contributed by atoms with E-state index >= 15 is 0 Å². The van der Waals surface area contributed by atoms with Gasteiger partial charge < -0.3 is 19.4 Å². The normalized spacial score (nSPS) is 25.8. The molecule has 0 radical (unpaired) electrons. The van der Waals surface area contributed by atoms with Crippen molar-refractivity contribution < 1.29 is 9.47 Å². The van der Waals surface area contributed by atoms with E-state index in [-0.39, 0.29) is 11.5 Å². The van der Waals surface area contributed by atoms with Crippen molar-refractivity contribution in [2.24, 2.45) is 0 Å². The highest BCUT2D eigenvalue weighted by Gasteiger charge is 2.33. The van der Waals surface area contributed by atoms with Crippen molar-refractivity contribution in [3.05, 3.63) is 42.0 Å². The third-order valence-corrected chi connectivity index (χ3v) is 7.90. The van der Waals surface area contributed by atoms with E-state index in [2.05, 4.69) is 60.6 Å². The van der Waals surface area contributed by atoms with Gasteiger partial charge in [-0.2, -0.15) is 0 Å². The number of anilines is 1. The predicted octanol–water partition coefficient (Wildman–Crippen LogP) is 3.62. The van der Waals surface area contributed by atoms with Crippen LogP contribution in [-0.2, 0) is 17.6 Å². The molecule has 9 heteroatoms. The van der Waals surface area contributed by atoms with Crippen LogP contribution in [0.1, 0.15) is 43.7 Å². The van der Waals surface area contributed by atoms with Crippen LogP contribution in [0.25, 0.3) is 11.2 Å². The summed E-state index contributed by atoms with van der Waals surface area (Å²) >= 11 is 4.41. The number of hydrogen-bond donors (Lipinski definition) is 2. The zero-order valence-electron chi connectivity index (χ0n) is 20.3. The number of aryl methyl sites for hydroxylation is 1. The van der Waals surface area contributed by atoms with Gasteiger partial charge in [0, 0.05) is 25.7 Å². The second kappa shape index (κ2) is 9.95. The van der Waals surface area contributed by atoms with E-state index in [4.69, 9.17) is 9.47 Å². The number of fused-ring (bicyclic) bond motifs is 2. The fourth-order valence-corrected chi connectivity index (χ4v) is 6.27. The Morgan fingerprint density at radius 3 is 3.03 bits per heavy atom. The summed E-state index contributed by atoms with van der Waals surface area (Å²) in [5.74, 6) is 1.97. The first-order chi connectivity index (χ1) is 17.2. The summed E-state index contributed by atoms with van der Waals surface area (Å²) in [4.78, 5) is 21.3. The minimum Gasteiger partial charge on any atom is -0.491 e. The Bertz CT molecular complexity index is 1170. The van der Waals surface area contributed by atoms with Gasteiger partial charge in [-0.15, -0.1) is 12.6 Å². The molecule has 0 bridgehead atoms. The number of hydrogen-bond acceptors (Lipinski definition) is 8. The Labute approximate surface area is 211 Å². The van der Waals surface area contributed by atoms with E-state index in [0.717, 1.165) is 68.8 Å². The highest BCUT2D eigenvalue weighted by molar-refractivity contribution is 7.80. The first kappa shape index (κ1) is 23.1. The van der Waals surface area contributed by atoms with Crippen molar-refractivity contribution in [3.63, 3.8) is 0 Å². The maximum atomic E-state index is 6.55. The molecule has 3 aliphatic rings. The van der Waals surface area contributed by atoms with Gasteiger partial charge in [-0.1, -0.05) is 12.1 Å². The monoisotopic (exact) mass is 494 g/mol. The molecule has 3 unspecified atom stereocenters. The Morgan fingerprint density at radius 1 is 1.17 bits per heavy atom. The Kier molecular flexibility index (Phi) is 6.56. The Balaban J connectivity index is 1.14. The van der Waals surface area contributed by atoms with Gasteiger partial charge in [0.2, 0.25) is 0 Å². The molecule has 4 heterocycles. The van der Waals surface area contributed by atoms with Crippen LogP contribution < -0.4 is 9.64 Å². The lowest BCUT2D eigenvalue weighted by atomic mass is 9.87. The summed E-state index contributed by atoms with van der Waals surface area (Å²) < 4.78 is 12.5. The molecule has 0 saturated carbocycles. The number of likely N-dealkylation sites (tertiary alicyclic amines) is 1. The van der Waals surface area contributed by atoms with Crippen LogP contribution in [0.5, 0.6) is 5.75 Å². The molecule has 2 fully saturated rings. The lowest BCUT2D eigenvalue weighted by molar-refractivity contribution is 0.0464. The fourth-order valence-electron chi connectivity index (χ4n) is 6.10. The largest absolute Gasteiger partial charge is 0.491 e. The van der Waals surface area contributed by atoms with Crippen molar-refractivity contribution in [1.29, 1.82) is 0 Å². The second-order valence-corrected chi connectivity index (χ2v) is 10.8. The van der Waals surface area contributed by atoms with Gasteiger partial charge in [0.05, 0.1) is 23.9 Å². The number of imidazole rings is 1. The molecular formula is C26H34N6O2S. The van der Waals surface area contributed by atoms with E-state index in [1.807, 2.05) is 6.92 Å². The van der Waals surface area contributed by atoms with Crippen molar-refractivity contribution in [2.45, 2.75) is 69.1 Å². The molecule has 4 atom stereocenters. The number of benzene rings is 1. The van der Waals surface area contributed by atoms with Crippen LogP contribution in [0.4, 0.5) is 5.82 Å². The quantitative estimate of drug-likeness (QED) is 0.384. The molecule has 8 nitrogen and oxygen atoms in total. The Hall–Kier alpha value is -2.36. The van der Waals surface area contributed by atoms with Gasteiger partial charge >= 0.3 is 0 Å². The molecule has 2 aromatic heterocycles. The standard InChI is InChI=1S/C26H34N6O2S/c1-17(35)34-21-9-11-31(13-21)19-8-7-18-4-2-6-23(22(18)12-19)33-14-20-5-3-10-32(20)26-24-25(28-15-27-24)29-16-30-26/h2,4,6,15-17,19-21,35H,3,5,7-14H2,1H3,(H,27,28,29,30)/t17?,19?,20-,21?/m1/s1. The smallest absolute Gasteiger partial charge is 0.182 e. The van der Waals surface area contributed by atoms with Crippen LogP contribution in [0.2, 0.25) is 0 Å². The summed E-state index contributed by atoms with van der Waals surface area (Å²) in [5, 5.41) is 0. The molecule has 0 spiro atoms. The number of aromatic amines is 1. The molecule has 3 aromatic rings. The molecule has 1 N–H and O–H groups in total. The highest BCUT2D eigenvalue weighted by atomic mass is 32.1. The average Bonchev–Trinajstić information content (AvgIpc) is 3.62. The minimum absolute atomic E-state index is 0.00565. The van der Waals surface area contributed by atoms with Gasteiger partial charge in [0.25, 0.3) is 0 Å². The van der Waals surface area contributed by atoms with Crippen LogP contribution in [0.15, 0.2) is 30.9 Å². The van der Waals surface area contributed by atoms with Gasteiger partial charge in [-0.25, -0.2) is 15.0 Å². The van der Waals surface area contributed by atoms with E-state index in [1.54, 1.807) is 12.7 Å². The van der Waals surface area contributed by atoms with Gasteiger partial charge in [0.15, 0.2) is 11.5 Å². The molecule has 2 aliphatic heterocycles. The summed E-state index contributed by atoms with van der Waals surface area (Å²) in [6, 6.07) is 7.40. The highest BCUT2D eigenvalue weighted by Crippen LogP contribution is 2.34. The number of ether oxygens (including phenoxy) is 2. The lowest BCUT2D eigenvalue weighted by Gasteiger charge is -2.33. The van der Waals surface area contributed by atoms with Crippen LogP contribution in [-0.4, -0.2) is 74.7 Å². The molecule has 6 rings (SSSR count). The van der Waals surface area contributed by atoms with Gasteiger partial charge in [-0.3, -0.25) is 4.90 Å². The van der Waals surface area contributed by atoms with Gasteiger partial charge in [-0.05, 0) is 62.6 Å². The number of H-pyrrole nitrogens is 1. The summed E-state index contributed by atoms with van der Waals surface area (Å²) in [6.45, 7) is 5.73. The molecule has 1 aliphatic carbocycles. The lowest BCUT2D eigenvalue weighted by Crippen LogP contribution is -2.39. The van der Waals surface area contributed by atoms with E-state index in [0.29, 0.717) is 24.4 Å². The van der Waals surface area contributed by atoms with Gasteiger partial charge in [0.1, 0.15) is 24.2 Å². The number of nitrogens with one attached hydrogen (secondary N) is 1. The summed E-state index contributed by atoms with van der Waals surface area (Å²) in [7, 11) is 0. The number of nitrogens with zero attached hydrogens (tertiary/aromatic N) is 5. The first-order valence-corrected chi connectivity index (χ1v) is 13.4. The second-order valence-electron chi connectivity index (χ2n) is 10.0. The van der Waals surface area contributed by atoms with Crippen molar-refractivity contribution in [2.75, 3.05) is 31.1 Å². The van der Waals surface area contributed by atoms with Crippen molar-refractivity contribution in [1.82, 2.24) is 24.8 Å². The van der Waals surface area contributed by atoms with Crippen LogP contribution >= 0.6 is 12.6 Å². The first-order valence-electron chi connectivity index (χ1n) is 12.9. The molecular weight excluding hydrogens is 460 g/mol. The number of aromatic nitrogens is 4. The SMILES string of the molecule is CC(S)OC1CCN(C2CCc3cccc(OC[C@H]4CCCN4c4ncnc5nc[nH]c45)c3C2)C1. The maximum Gasteiger partial charge on any atom is 0.182 e. The van der Waals surface area contributed by atoms with Crippen molar-refractivity contribution in [3.8, 4) is 5.75 Å². The Morgan fingerprint density at radius 2 is 2.11 bits per heavy atom. The summed E-state index contributed by atoms with van der Waals surface area (Å²) in [5.41, 5.74) is 4.43. The van der Waals surface area contributed by atoms with Crippen molar-refractivity contribution >= 4 is 29.6 Å². The minimum atomic E-state index is -0.00565. The summed E-state index contributed by atoms with van der Waals surface area (Å²) in [6.07, 6.45) is 10.3. The zero-order chi connectivity index (χ0) is 23.8. The predicted molar refractivity (Wildman–Crippen MR) is 139 cm³/mol. The molecule has 0 amide bonds. The third-order valence-electron chi connectivity index (χ3n) is 7.78. The average molecular weight is 495 g/mol. The fraction of sp³-hybridized carbons (Fsp3) is 0.577. The zero-order valence-corrected chi connectivity index (χ0v) is 21.2. The molecule has 2 saturated heterocycles. The molecule has 186 valence electrons. The number of rotatable bonds is 7. The molecule has 35 heavy (non-hydrogen) atoms. The third kappa shape index (κ3) is 4.73. The topological polar surface area (TPSA) is 79.4 Å². The van der Waals surface area contributed by atoms with E-state index in [9.17, 15) is 0 Å².